The van der Waals surface area contributed by atoms with Crippen LogP contribution in [0.1, 0.15) is 26.2 Å². The summed E-state index contributed by atoms with van der Waals surface area (Å²) in [4.78, 5) is 38.1. The van der Waals surface area contributed by atoms with Gasteiger partial charge in [-0.25, -0.2) is 0 Å². The van der Waals surface area contributed by atoms with Crippen molar-refractivity contribution in [3.63, 3.8) is 0 Å². The molecule has 0 aliphatic carbocycles. The highest BCUT2D eigenvalue weighted by atomic mass is 16.2. The second-order valence-corrected chi connectivity index (χ2v) is 6.38. The Morgan fingerprint density at radius 2 is 2.04 bits per heavy atom. The van der Waals surface area contributed by atoms with Crippen LogP contribution in [0.5, 0.6) is 0 Å². The van der Waals surface area contributed by atoms with Crippen LogP contribution in [0.4, 0.5) is 0 Å². The molecule has 5 nitrogen and oxygen atoms in total. The van der Waals surface area contributed by atoms with Gasteiger partial charge < -0.3 is 4.90 Å². The number of piperidine rings is 1. The number of nitrogens with one attached hydrogen (secondary N) is 1. The molecule has 1 N–H and O–H groups in total. The van der Waals surface area contributed by atoms with E-state index in [1.165, 1.54) is 0 Å². The zero-order valence-corrected chi connectivity index (χ0v) is 14.1. The van der Waals surface area contributed by atoms with E-state index in [-0.39, 0.29) is 23.6 Å². The normalized spacial score (nSPS) is 25.9. The molecule has 0 aromatic carbocycles. The van der Waals surface area contributed by atoms with Crippen molar-refractivity contribution in [1.29, 1.82) is 0 Å². The lowest BCUT2D eigenvalue weighted by atomic mass is 9.79. The van der Waals surface area contributed by atoms with Crippen LogP contribution in [0.15, 0.2) is 49.1 Å². The van der Waals surface area contributed by atoms with Gasteiger partial charge in [0.05, 0.1) is 11.3 Å². The van der Waals surface area contributed by atoms with Crippen molar-refractivity contribution < 1.29 is 14.4 Å². The predicted octanol–water partition coefficient (Wildman–Crippen LogP) is 2.13. The lowest BCUT2D eigenvalue weighted by Gasteiger charge is -2.31. The molecule has 2 saturated heterocycles. The van der Waals surface area contributed by atoms with Gasteiger partial charge in [0.1, 0.15) is 0 Å². The number of rotatable bonds is 5. The number of carbonyl (C=O) groups excluding carboxylic acids is 3. The van der Waals surface area contributed by atoms with E-state index in [0.29, 0.717) is 32.4 Å². The number of allylic oxidation sites excluding steroid dienone is 5. The fourth-order valence-electron chi connectivity index (χ4n) is 3.29. The largest absolute Gasteiger partial charge is 0.341 e. The van der Waals surface area contributed by atoms with Gasteiger partial charge in [0.15, 0.2) is 0 Å². The Kier molecular flexibility index (Phi) is 5.54. The molecule has 2 aliphatic heterocycles. The maximum Gasteiger partial charge on any atom is 0.234 e. The van der Waals surface area contributed by atoms with Crippen LogP contribution in [-0.2, 0) is 14.4 Å². The first kappa shape index (κ1) is 17.9. The molecule has 3 amide bonds. The smallest absolute Gasteiger partial charge is 0.234 e. The first-order chi connectivity index (χ1) is 11.4. The Hall–Kier alpha value is -2.43. The van der Waals surface area contributed by atoms with E-state index >= 15 is 0 Å². The average molecular weight is 328 g/mol. The Balaban J connectivity index is 2.08. The molecule has 1 spiro atoms. The topological polar surface area (TPSA) is 66.5 Å². The molecular formula is C19H24N2O3. The van der Waals surface area contributed by atoms with Crippen molar-refractivity contribution in [2.75, 3.05) is 13.1 Å². The van der Waals surface area contributed by atoms with E-state index in [1.54, 1.807) is 23.1 Å². The molecule has 2 heterocycles. The van der Waals surface area contributed by atoms with Gasteiger partial charge in [0.2, 0.25) is 17.7 Å². The zero-order valence-electron chi connectivity index (χ0n) is 14.1. The molecule has 0 aromatic heterocycles. The maximum absolute atomic E-state index is 12.8. The molecule has 5 heteroatoms. The minimum atomic E-state index is -0.607. The van der Waals surface area contributed by atoms with Crippen molar-refractivity contribution in [3.8, 4) is 0 Å². The Morgan fingerprint density at radius 1 is 1.29 bits per heavy atom. The van der Waals surface area contributed by atoms with E-state index in [9.17, 15) is 14.4 Å². The molecular weight excluding hydrogens is 304 g/mol. The van der Waals surface area contributed by atoms with Crippen LogP contribution in [0.2, 0.25) is 0 Å². The molecule has 0 bridgehead atoms. The first-order valence-corrected chi connectivity index (χ1v) is 8.18. The zero-order chi connectivity index (χ0) is 17.7. The van der Waals surface area contributed by atoms with Crippen LogP contribution in [0, 0.1) is 11.3 Å². The van der Waals surface area contributed by atoms with E-state index in [2.05, 4.69) is 18.5 Å². The number of carbonyl (C=O) groups is 3. The SMILES string of the molecule is C=C/C=C\C=C(/C=C)C(C)C(=O)N1CCC2(CCC(=O)NC2=O)C1. The summed E-state index contributed by atoms with van der Waals surface area (Å²) >= 11 is 0. The third kappa shape index (κ3) is 3.55. The monoisotopic (exact) mass is 328 g/mol. The van der Waals surface area contributed by atoms with Crippen molar-refractivity contribution in [3.05, 3.63) is 49.1 Å². The lowest BCUT2D eigenvalue weighted by Crippen LogP contribution is -2.50. The fraction of sp³-hybridized carbons (Fsp3) is 0.421. The van der Waals surface area contributed by atoms with Crippen molar-refractivity contribution in [2.45, 2.75) is 26.2 Å². The Morgan fingerprint density at radius 3 is 2.67 bits per heavy atom. The molecule has 128 valence electrons. The van der Waals surface area contributed by atoms with Gasteiger partial charge >= 0.3 is 0 Å². The van der Waals surface area contributed by atoms with Crippen LogP contribution in [0.3, 0.4) is 0 Å². The van der Waals surface area contributed by atoms with E-state index in [1.807, 2.05) is 19.1 Å². The summed E-state index contributed by atoms with van der Waals surface area (Å²) in [5, 5.41) is 2.41. The minimum Gasteiger partial charge on any atom is -0.341 e. The van der Waals surface area contributed by atoms with Gasteiger partial charge in [-0.15, -0.1) is 0 Å². The number of amides is 3. The summed E-state index contributed by atoms with van der Waals surface area (Å²) in [5.41, 5.74) is 0.215. The van der Waals surface area contributed by atoms with Gasteiger partial charge in [-0.2, -0.15) is 0 Å². The third-order valence-electron chi connectivity index (χ3n) is 4.87. The molecule has 0 radical (unpaired) electrons. The van der Waals surface area contributed by atoms with Gasteiger partial charge in [0, 0.05) is 19.5 Å². The molecule has 0 aromatic rings. The van der Waals surface area contributed by atoms with Gasteiger partial charge in [0.25, 0.3) is 0 Å². The van der Waals surface area contributed by atoms with E-state index in [4.69, 9.17) is 0 Å². The van der Waals surface area contributed by atoms with Gasteiger partial charge in [-0.3, -0.25) is 19.7 Å². The van der Waals surface area contributed by atoms with Crippen molar-refractivity contribution in [2.24, 2.45) is 11.3 Å². The highest BCUT2D eigenvalue weighted by molar-refractivity contribution is 6.01. The second-order valence-electron chi connectivity index (χ2n) is 6.38. The van der Waals surface area contributed by atoms with Gasteiger partial charge in [-0.1, -0.05) is 43.5 Å². The quantitative estimate of drug-likeness (QED) is 0.621. The molecule has 2 atom stereocenters. The predicted molar refractivity (Wildman–Crippen MR) is 92.8 cm³/mol. The highest BCUT2D eigenvalue weighted by Crippen LogP contribution is 2.38. The van der Waals surface area contributed by atoms with Crippen LogP contribution >= 0.6 is 0 Å². The number of hydrogen-bond acceptors (Lipinski definition) is 3. The van der Waals surface area contributed by atoms with Gasteiger partial charge in [-0.05, 0) is 25.3 Å². The first-order valence-electron chi connectivity index (χ1n) is 8.18. The highest BCUT2D eigenvalue weighted by Gasteiger charge is 2.48. The molecule has 2 unspecified atom stereocenters. The lowest BCUT2D eigenvalue weighted by molar-refractivity contribution is -0.141. The number of imide groups is 1. The molecule has 2 aliphatic rings. The van der Waals surface area contributed by atoms with Crippen molar-refractivity contribution >= 4 is 17.7 Å². The standard InChI is InChI=1S/C19H24N2O3/c1-4-6-7-8-15(5-2)14(3)17(23)21-12-11-19(13-21)10-9-16(22)20-18(19)24/h4-8,14H,1-2,9-13H2,3H3,(H,20,22,24)/b7-6-,15-8+. The number of likely N-dealkylation sites (tertiary alicyclic amines) is 1. The summed E-state index contributed by atoms with van der Waals surface area (Å²) in [5.74, 6) is -0.820. The second kappa shape index (κ2) is 7.43. The van der Waals surface area contributed by atoms with Crippen LogP contribution in [-0.4, -0.2) is 35.7 Å². The number of hydrogen-bond donors (Lipinski definition) is 1. The average Bonchev–Trinajstić information content (AvgIpc) is 3.00. The molecule has 0 saturated carbocycles. The minimum absolute atomic E-state index is 0.0188. The molecule has 2 fully saturated rings. The molecule has 2 rings (SSSR count). The van der Waals surface area contributed by atoms with E-state index < -0.39 is 5.41 Å². The summed E-state index contributed by atoms with van der Waals surface area (Å²) in [6.07, 6.45) is 10.2. The van der Waals surface area contributed by atoms with Crippen molar-refractivity contribution in [1.82, 2.24) is 10.2 Å². The fourth-order valence-corrected chi connectivity index (χ4v) is 3.29. The van der Waals surface area contributed by atoms with Crippen LogP contribution in [0.25, 0.3) is 0 Å². The summed E-state index contributed by atoms with van der Waals surface area (Å²) < 4.78 is 0. The summed E-state index contributed by atoms with van der Waals surface area (Å²) in [6.45, 7) is 10.1. The number of nitrogens with zero attached hydrogens (tertiary/aromatic N) is 1. The maximum atomic E-state index is 12.8. The third-order valence-corrected chi connectivity index (χ3v) is 4.87. The molecule has 24 heavy (non-hydrogen) atoms. The Bertz CT molecular complexity index is 633. The van der Waals surface area contributed by atoms with E-state index in [0.717, 1.165) is 5.57 Å². The van der Waals surface area contributed by atoms with Crippen LogP contribution < -0.4 is 5.32 Å². The Labute approximate surface area is 142 Å². The summed E-state index contributed by atoms with van der Waals surface area (Å²) in [6, 6.07) is 0. The summed E-state index contributed by atoms with van der Waals surface area (Å²) in [7, 11) is 0.